The Morgan fingerprint density at radius 2 is 1.61 bits per heavy atom. The van der Waals surface area contributed by atoms with Crippen LogP contribution in [-0.4, -0.2) is 32.4 Å². The number of aliphatic carboxylic acids is 1. The van der Waals surface area contributed by atoms with Crippen LogP contribution < -0.4 is 19.1 Å². The van der Waals surface area contributed by atoms with Gasteiger partial charge in [-0.25, -0.2) is 13.2 Å². The largest absolute Gasteiger partial charge is 0.482 e. The molecule has 214 valence electrons. The lowest BCUT2D eigenvalue weighted by Crippen LogP contribution is -2.24. The normalized spacial score (nSPS) is 11.1. The summed E-state index contributed by atoms with van der Waals surface area (Å²) in [5.74, 6) is 0.422. The van der Waals surface area contributed by atoms with Gasteiger partial charge in [0.2, 0.25) is 10.0 Å². The van der Waals surface area contributed by atoms with Crippen molar-refractivity contribution in [2.45, 2.75) is 20.0 Å². The number of rotatable bonds is 12. The van der Waals surface area contributed by atoms with Gasteiger partial charge >= 0.3 is 5.97 Å². The quantitative estimate of drug-likeness (QED) is 0.175. The zero-order chi connectivity index (χ0) is 29.6. The van der Waals surface area contributed by atoms with Gasteiger partial charge in [-0.15, -0.1) is 0 Å². The molecule has 0 saturated heterocycles. The summed E-state index contributed by atoms with van der Waals surface area (Å²) in [5, 5.41) is 9.89. The third-order valence-corrected chi connectivity index (χ3v) is 7.20. The van der Waals surface area contributed by atoms with E-state index in [1.54, 1.807) is 48.5 Å². The molecule has 0 unspecified atom stereocenters. The van der Waals surface area contributed by atoms with Crippen LogP contribution in [0.15, 0.2) is 84.9 Å². The van der Waals surface area contributed by atoms with Crippen LogP contribution in [-0.2, 0) is 27.9 Å². The smallest absolute Gasteiger partial charge is 0.341 e. The molecule has 2 N–H and O–H groups in total. The number of halogens is 2. The predicted octanol–water partition coefficient (Wildman–Crippen LogP) is 7.14. The molecule has 0 atom stereocenters. The van der Waals surface area contributed by atoms with Gasteiger partial charge in [-0.3, -0.25) is 4.72 Å². The van der Waals surface area contributed by atoms with Crippen LogP contribution in [0.4, 0.5) is 11.4 Å². The summed E-state index contributed by atoms with van der Waals surface area (Å²) in [4.78, 5) is 12.9. The molecule has 0 spiro atoms. The summed E-state index contributed by atoms with van der Waals surface area (Å²) in [7, 11) is -3.46. The Kier molecular flexibility index (Phi) is 9.65. The summed E-state index contributed by atoms with van der Waals surface area (Å²) >= 11 is 12.6. The van der Waals surface area contributed by atoms with Crippen LogP contribution >= 0.6 is 23.2 Å². The first-order chi connectivity index (χ1) is 19.5. The number of carboxylic acids is 1. The second-order valence-electron chi connectivity index (χ2n) is 9.32. The molecule has 0 aliphatic rings. The van der Waals surface area contributed by atoms with Gasteiger partial charge in [-0.2, -0.15) is 0 Å². The lowest BCUT2D eigenvalue weighted by atomic mass is 10.1. The highest BCUT2D eigenvalue weighted by Crippen LogP contribution is 2.32. The van der Waals surface area contributed by atoms with Gasteiger partial charge in [-0.05, 0) is 72.1 Å². The van der Waals surface area contributed by atoms with Gasteiger partial charge < -0.3 is 19.5 Å². The molecule has 0 bridgehead atoms. The fourth-order valence-electron chi connectivity index (χ4n) is 4.15. The third-order valence-electron chi connectivity index (χ3n) is 6.02. The highest BCUT2D eigenvalue weighted by atomic mass is 35.5. The van der Waals surface area contributed by atoms with Crippen LogP contribution in [0.25, 0.3) is 0 Å². The summed E-state index contributed by atoms with van der Waals surface area (Å²) in [6.07, 6.45) is 1.12. The monoisotopic (exact) mass is 614 g/mol. The molecule has 0 aliphatic carbocycles. The van der Waals surface area contributed by atoms with Gasteiger partial charge in [-0.1, -0.05) is 53.5 Å². The fourth-order valence-corrected chi connectivity index (χ4v) is 5.24. The van der Waals surface area contributed by atoms with Crippen LogP contribution in [0.3, 0.4) is 0 Å². The number of nitrogens with zero attached hydrogens (tertiary/aromatic N) is 1. The van der Waals surface area contributed by atoms with Crippen molar-refractivity contribution in [2.75, 3.05) is 22.5 Å². The van der Waals surface area contributed by atoms with E-state index in [0.29, 0.717) is 46.1 Å². The van der Waals surface area contributed by atoms with Crippen molar-refractivity contribution in [3.8, 4) is 17.2 Å². The second kappa shape index (κ2) is 13.2. The van der Waals surface area contributed by atoms with Crippen LogP contribution in [0.1, 0.15) is 16.7 Å². The molecule has 0 fully saturated rings. The average molecular weight is 616 g/mol. The van der Waals surface area contributed by atoms with Crippen molar-refractivity contribution >= 4 is 50.6 Å². The first-order valence-corrected chi connectivity index (χ1v) is 15.1. The predicted molar refractivity (Wildman–Crippen MR) is 162 cm³/mol. The number of carbonyl (C=O) groups is 1. The zero-order valence-electron chi connectivity index (χ0n) is 22.3. The number of nitrogens with one attached hydrogen (secondary N) is 1. The van der Waals surface area contributed by atoms with Crippen molar-refractivity contribution in [2.24, 2.45) is 0 Å². The zero-order valence-corrected chi connectivity index (χ0v) is 24.6. The van der Waals surface area contributed by atoms with Crippen molar-refractivity contribution in [3.63, 3.8) is 0 Å². The lowest BCUT2D eigenvalue weighted by molar-refractivity contribution is -0.139. The van der Waals surface area contributed by atoms with Crippen molar-refractivity contribution in [3.05, 3.63) is 112 Å². The molecule has 0 heterocycles. The van der Waals surface area contributed by atoms with E-state index in [0.717, 1.165) is 28.6 Å². The number of sulfonamides is 1. The molecular weight excluding hydrogens is 587 g/mol. The summed E-state index contributed by atoms with van der Waals surface area (Å²) in [5.41, 5.74) is 3.94. The standard InChI is InChI=1S/C30H28Cl2N2O6S/c1-20-28(33-41(2,37)38)7-4-8-29(20)34(18-22-11-12-23(31)15-27(22)32)17-21-9-13-24(14-10-21)40-26-6-3-5-25(16-26)39-19-30(35)36/h3-16,33H,17-19H2,1-2H3,(H,35,36). The molecule has 0 saturated carbocycles. The Morgan fingerprint density at radius 1 is 0.902 bits per heavy atom. The van der Waals surface area contributed by atoms with E-state index in [9.17, 15) is 13.2 Å². The SMILES string of the molecule is Cc1c(NS(C)(=O)=O)cccc1N(Cc1ccc(Oc2cccc(OCC(=O)O)c2)cc1)Cc1ccc(Cl)cc1Cl. The number of carboxylic acid groups (broad SMARTS) is 1. The number of hydrogen-bond donors (Lipinski definition) is 2. The average Bonchev–Trinajstić information content (AvgIpc) is 2.90. The van der Waals surface area contributed by atoms with Crippen molar-refractivity contribution in [1.29, 1.82) is 0 Å². The maximum absolute atomic E-state index is 11.9. The first-order valence-electron chi connectivity index (χ1n) is 12.4. The highest BCUT2D eigenvalue weighted by molar-refractivity contribution is 7.92. The third kappa shape index (κ3) is 8.78. The molecule has 0 aliphatic heterocycles. The number of anilines is 2. The maximum Gasteiger partial charge on any atom is 0.341 e. The Morgan fingerprint density at radius 3 is 2.29 bits per heavy atom. The maximum atomic E-state index is 11.9. The van der Waals surface area contributed by atoms with E-state index in [4.69, 9.17) is 37.8 Å². The summed E-state index contributed by atoms with van der Waals surface area (Å²) in [6.45, 7) is 2.36. The molecule has 4 rings (SSSR count). The van der Waals surface area contributed by atoms with Crippen molar-refractivity contribution < 1.29 is 27.8 Å². The summed E-state index contributed by atoms with van der Waals surface area (Å²) in [6, 6.07) is 25.1. The Labute approximate surface area is 249 Å². The molecular formula is C30H28Cl2N2O6S. The van der Waals surface area contributed by atoms with Gasteiger partial charge in [0.1, 0.15) is 17.2 Å². The molecule has 11 heteroatoms. The lowest BCUT2D eigenvalue weighted by Gasteiger charge is -2.28. The van der Waals surface area contributed by atoms with Gasteiger partial charge in [0.25, 0.3) is 0 Å². The molecule has 8 nitrogen and oxygen atoms in total. The van der Waals surface area contributed by atoms with E-state index < -0.39 is 22.6 Å². The minimum absolute atomic E-state index is 0.390. The van der Waals surface area contributed by atoms with Crippen LogP contribution in [0.5, 0.6) is 17.2 Å². The number of ether oxygens (including phenoxy) is 2. The Bertz CT molecular complexity index is 1650. The minimum atomic E-state index is -3.46. The molecule has 41 heavy (non-hydrogen) atoms. The molecule has 0 amide bonds. The first kappa shape index (κ1) is 30.0. The minimum Gasteiger partial charge on any atom is -0.482 e. The van der Waals surface area contributed by atoms with Gasteiger partial charge in [0, 0.05) is 34.9 Å². The van der Waals surface area contributed by atoms with Gasteiger partial charge in [0.15, 0.2) is 6.61 Å². The van der Waals surface area contributed by atoms with E-state index in [1.807, 2.05) is 43.3 Å². The van der Waals surface area contributed by atoms with Gasteiger partial charge in [0.05, 0.1) is 11.9 Å². The Hall–Kier alpha value is -3.92. The number of hydrogen-bond acceptors (Lipinski definition) is 6. The topological polar surface area (TPSA) is 105 Å². The molecule has 0 aromatic heterocycles. The molecule has 4 aromatic rings. The van der Waals surface area contributed by atoms with Crippen molar-refractivity contribution in [1.82, 2.24) is 0 Å². The molecule has 0 radical (unpaired) electrons. The highest BCUT2D eigenvalue weighted by Gasteiger charge is 2.16. The number of benzene rings is 4. The van der Waals surface area contributed by atoms with E-state index in [2.05, 4.69) is 9.62 Å². The fraction of sp³-hybridized carbons (Fsp3) is 0.167. The molecule has 4 aromatic carbocycles. The van der Waals surface area contributed by atoms with E-state index >= 15 is 0 Å². The van der Waals surface area contributed by atoms with Crippen LogP contribution in [0.2, 0.25) is 10.0 Å². The Balaban J connectivity index is 1.58. The summed E-state index contributed by atoms with van der Waals surface area (Å²) < 4.78 is 37.6. The van der Waals surface area contributed by atoms with E-state index in [-0.39, 0.29) is 0 Å². The second-order valence-corrected chi connectivity index (χ2v) is 11.9. The van der Waals surface area contributed by atoms with E-state index in [1.165, 1.54) is 0 Å². The van der Waals surface area contributed by atoms with Crippen LogP contribution in [0, 0.1) is 6.92 Å².